The fourth-order valence-electron chi connectivity index (χ4n) is 4.94. The second-order valence-corrected chi connectivity index (χ2v) is 9.35. The lowest BCUT2D eigenvalue weighted by atomic mass is 9.83. The van der Waals surface area contributed by atoms with Crippen LogP contribution < -0.4 is 20.9 Å². The lowest BCUT2D eigenvalue weighted by Crippen LogP contribution is -2.49. The lowest BCUT2D eigenvalue weighted by molar-refractivity contribution is 0.0594. The number of aromatic nitrogens is 1. The molecular formula is C26H25ClN4O4. The number of piperidine rings is 1. The highest BCUT2D eigenvalue weighted by Gasteiger charge is 2.37. The molecule has 180 valence electrons. The summed E-state index contributed by atoms with van der Waals surface area (Å²) in [5.74, 6) is 0.917. The van der Waals surface area contributed by atoms with E-state index in [9.17, 15) is 14.4 Å². The van der Waals surface area contributed by atoms with Crippen LogP contribution in [0, 0.1) is 5.92 Å². The molecule has 35 heavy (non-hydrogen) atoms. The smallest absolute Gasteiger partial charge is 0.323 e. The number of pyridine rings is 1. The Morgan fingerprint density at radius 1 is 0.943 bits per heavy atom. The average Bonchev–Trinajstić information content (AvgIpc) is 2.87. The van der Waals surface area contributed by atoms with Gasteiger partial charge < -0.3 is 24.8 Å². The summed E-state index contributed by atoms with van der Waals surface area (Å²) in [6.45, 7) is 1.64. The first-order chi connectivity index (χ1) is 16.9. The van der Waals surface area contributed by atoms with Crippen LogP contribution in [0.25, 0.3) is 0 Å². The third-order valence-corrected chi connectivity index (χ3v) is 6.83. The quantitative estimate of drug-likeness (QED) is 0.564. The van der Waals surface area contributed by atoms with Crippen molar-refractivity contribution >= 4 is 34.9 Å². The molecule has 1 saturated heterocycles. The Morgan fingerprint density at radius 3 is 2.40 bits per heavy atom. The molecule has 1 fully saturated rings. The first-order valence-electron chi connectivity index (χ1n) is 11.4. The van der Waals surface area contributed by atoms with E-state index in [0.29, 0.717) is 41.7 Å². The molecule has 5 rings (SSSR count). The van der Waals surface area contributed by atoms with E-state index < -0.39 is 6.03 Å². The first kappa shape index (κ1) is 23.0. The monoisotopic (exact) mass is 492 g/mol. The number of hydrogen-bond donors (Lipinski definition) is 2. The van der Waals surface area contributed by atoms with E-state index in [1.807, 2.05) is 11.0 Å². The van der Waals surface area contributed by atoms with Crippen LogP contribution in [0.3, 0.4) is 0 Å². The van der Waals surface area contributed by atoms with Gasteiger partial charge in [-0.3, -0.25) is 9.59 Å². The van der Waals surface area contributed by atoms with Gasteiger partial charge in [-0.15, -0.1) is 0 Å². The van der Waals surface area contributed by atoms with Gasteiger partial charge in [-0.05, 0) is 73.0 Å². The molecule has 2 aliphatic rings. The molecule has 0 unspecified atom stereocenters. The molecule has 0 aliphatic carbocycles. The van der Waals surface area contributed by atoms with Gasteiger partial charge in [0, 0.05) is 47.5 Å². The fraction of sp³-hybridized carbons (Fsp3) is 0.269. The number of ether oxygens (including phenoxy) is 1. The zero-order valence-corrected chi connectivity index (χ0v) is 19.9. The van der Waals surface area contributed by atoms with E-state index >= 15 is 0 Å². The molecule has 3 heterocycles. The molecule has 0 radical (unpaired) electrons. The van der Waals surface area contributed by atoms with E-state index in [-0.39, 0.29) is 29.0 Å². The molecule has 3 aromatic rings. The minimum absolute atomic E-state index is 0.0182. The van der Waals surface area contributed by atoms with Crippen molar-refractivity contribution in [1.29, 1.82) is 0 Å². The number of fused-ring (bicyclic) bond motifs is 4. The molecule has 2 atom stereocenters. The number of methoxy groups -OCH3 is 1. The molecule has 2 N–H and O–H groups in total. The summed E-state index contributed by atoms with van der Waals surface area (Å²) in [7, 11) is 1.59. The van der Waals surface area contributed by atoms with Crippen molar-refractivity contribution in [1.82, 2.24) is 9.47 Å². The Kier molecular flexibility index (Phi) is 6.21. The fourth-order valence-corrected chi connectivity index (χ4v) is 5.07. The van der Waals surface area contributed by atoms with E-state index in [2.05, 4.69) is 10.6 Å². The zero-order chi connectivity index (χ0) is 24.5. The molecule has 1 aromatic heterocycles. The summed E-state index contributed by atoms with van der Waals surface area (Å²) in [6, 6.07) is 16.8. The Labute approximate surface area is 207 Å². The SMILES string of the molecule is COc1ccc(C(=O)N2C[C@@H]3C[C@H](C2)c2ccc(NC(=O)Nc4ccc(Cl)cc4)c(=O)n2C3)cc1. The third kappa shape index (κ3) is 4.74. The maximum Gasteiger partial charge on any atom is 0.323 e. The Bertz CT molecular complexity index is 1320. The average molecular weight is 493 g/mol. The van der Waals surface area contributed by atoms with Crippen molar-refractivity contribution in [3.8, 4) is 5.75 Å². The first-order valence-corrected chi connectivity index (χ1v) is 11.8. The number of anilines is 2. The van der Waals surface area contributed by atoms with E-state index in [4.69, 9.17) is 16.3 Å². The van der Waals surface area contributed by atoms with E-state index in [1.165, 1.54) is 0 Å². The summed E-state index contributed by atoms with van der Waals surface area (Å²) in [4.78, 5) is 40.6. The minimum atomic E-state index is -0.503. The van der Waals surface area contributed by atoms with Crippen LogP contribution in [0.1, 0.15) is 28.4 Å². The van der Waals surface area contributed by atoms with Gasteiger partial charge in [0.25, 0.3) is 11.5 Å². The second-order valence-electron chi connectivity index (χ2n) is 8.91. The number of likely N-dealkylation sites (tertiary alicyclic amines) is 1. The number of hydrogen-bond acceptors (Lipinski definition) is 4. The summed E-state index contributed by atoms with van der Waals surface area (Å²) in [6.07, 6.45) is 0.926. The Balaban J connectivity index is 1.31. The summed E-state index contributed by atoms with van der Waals surface area (Å²) in [5, 5.41) is 5.92. The highest BCUT2D eigenvalue weighted by molar-refractivity contribution is 6.30. The van der Waals surface area contributed by atoms with Gasteiger partial charge in [0.2, 0.25) is 0 Å². The number of nitrogens with zero attached hydrogens (tertiary/aromatic N) is 2. The van der Waals surface area contributed by atoms with Gasteiger partial charge in [-0.25, -0.2) is 4.79 Å². The summed E-state index contributed by atoms with van der Waals surface area (Å²) < 4.78 is 6.92. The minimum Gasteiger partial charge on any atom is -0.497 e. The highest BCUT2D eigenvalue weighted by atomic mass is 35.5. The van der Waals surface area contributed by atoms with E-state index in [1.54, 1.807) is 66.3 Å². The molecule has 0 saturated carbocycles. The standard InChI is InChI=1S/C26H25ClN4O4/c1-35-21-8-2-17(3-9-21)24(32)30-13-16-12-18(15-30)23-11-10-22(25(33)31(23)14-16)29-26(34)28-20-6-4-19(27)5-7-20/h2-11,16,18H,12-15H2,1H3,(H2,28,29,34)/t16-,18+/m0/s1. The van der Waals surface area contributed by atoms with Crippen LogP contribution in [0.15, 0.2) is 65.5 Å². The molecule has 3 amide bonds. The van der Waals surface area contributed by atoms with Gasteiger partial charge in [-0.2, -0.15) is 0 Å². The predicted molar refractivity (Wildman–Crippen MR) is 135 cm³/mol. The van der Waals surface area contributed by atoms with Gasteiger partial charge in [0.1, 0.15) is 11.4 Å². The van der Waals surface area contributed by atoms with Crippen molar-refractivity contribution in [3.63, 3.8) is 0 Å². The van der Waals surface area contributed by atoms with E-state index in [0.717, 1.165) is 12.1 Å². The number of rotatable bonds is 4. The third-order valence-electron chi connectivity index (χ3n) is 6.58. The van der Waals surface area contributed by atoms with Crippen molar-refractivity contribution < 1.29 is 14.3 Å². The number of carbonyl (C=O) groups is 2. The molecule has 0 spiro atoms. The Hall–Kier alpha value is -3.78. The second kappa shape index (κ2) is 9.46. The largest absolute Gasteiger partial charge is 0.497 e. The van der Waals surface area contributed by atoms with Crippen molar-refractivity contribution in [2.45, 2.75) is 18.9 Å². The maximum absolute atomic E-state index is 13.2. The zero-order valence-electron chi connectivity index (χ0n) is 19.2. The number of halogens is 1. The number of nitrogens with one attached hydrogen (secondary N) is 2. The van der Waals surface area contributed by atoms with Gasteiger partial charge in [-0.1, -0.05) is 11.6 Å². The number of carbonyl (C=O) groups excluding carboxylic acids is 2. The maximum atomic E-state index is 13.2. The van der Waals surface area contributed by atoms with Crippen LogP contribution in [0.4, 0.5) is 16.2 Å². The summed E-state index contributed by atoms with van der Waals surface area (Å²) in [5.41, 5.74) is 2.06. The molecule has 2 aliphatic heterocycles. The van der Waals surface area contributed by atoms with Crippen LogP contribution in [-0.4, -0.2) is 41.6 Å². The normalized spacial score (nSPS) is 18.4. The number of amides is 3. The molecule has 8 nitrogen and oxygen atoms in total. The Morgan fingerprint density at radius 2 is 1.69 bits per heavy atom. The van der Waals surface area contributed by atoms with Crippen molar-refractivity contribution in [2.75, 3.05) is 30.8 Å². The predicted octanol–water partition coefficient (Wildman–Crippen LogP) is 4.41. The van der Waals surface area contributed by atoms with Gasteiger partial charge in [0.15, 0.2) is 0 Å². The lowest BCUT2D eigenvalue weighted by Gasteiger charge is -2.43. The van der Waals surface area contributed by atoms with Crippen molar-refractivity contribution in [2.24, 2.45) is 5.92 Å². The van der Waals surface area contributed by atoms with Gasteiger partial charge in [0.05, 0.1) is 7.11 Å². The van der Waals surface area contributed by atoms with Crippen LogP contribution in [0.2, 0.25) is 5.02 Å². The summed E-state index contributed by atoms with van der Waals surface area (Å²) >= 11 is 5.88. The highest BCUT2D eigenvalue weighted by Crippen LogP contribution is 2.36. The van der Waals surface area contributed by atoms with Gasteiger partial charge >= 0.3 is 6.03 Å². The van der Waals surface area contributed by atoms with Crippen LogP contribution >= 0.6 is 11.6 Å². The van der Waals surface area contributed by atoms with Crippen LogP contribution in [-0.2, 0) is 6.54 Å². The molecule has 2 bridgehead atoms. The molecular weight excluding hydrogens is 468 g/mol. The van der Waals surface area contributed by atoms with Crippen LogP contribution in [0.5, 0.6) is 5.75 Å². The topological polar surface area (TPSA) is 92.7 Å². The molecule has 2 aromatic carbocycles. The number of urea groups is 1. The molecule has 9 heteroatoms. The number of benzene rings is 2. The van der Waals surface area contributed by atoms with Crippen molar-refractivity contribution in [3.05, 3.63) is 87.3 Å².